The van der Waals surface area contributed by atoms with E-state index in [1.807, 2.05) is 0 Å². The zero-order valence-corrected chi connectivity index (χ0v) is 51.6. The Morgan fingerprint density at radius 2 is 0.620 bits per heavy atom. The van der Waals surface area contributed by atoms with Gasteiger partial charge in [0.05, 0.1) is 17.1 Å². The summed E-state index contributed by atoms with van der Waals surface area (Å²) in [6.07, 6.45) is 0. The van der Waals surface area contributed by atoms with Crippen molar-refractivity contribution in [2.75, 3.05) is 9.80 Å². The van der Waals surface area contributed by atoms with Crippen molar-refractivity contribution in [2.45, 2.75) is 38.5 Å². The van der Waals surface area contributed by atoms with Gasteiger partial charge in [-0.3, -0.25) is 0 Å². The average Bonchev–Trinajstić information content (AvgIpc) is 1.27. The minimum absolute atomic E-state index is 0.362. The molecule has 0 atom stereocenters. The van der Waals surface area contributed by atoms with Gasteiger partial charge in [0.25, 0.3) is 0 Å². The molecule has 0 amide bonds. The number of para-hydroxylation sites is 4. The van der Waals surface area contributed by atoms with Crippen molar-refractivity contribution in [3.63, 3.8) is 0 Å². The highest BCUT2D eigenvalue weighted by molar-refractivity contribution is 6.17. The van der Waals surface area contributed by atoms with Crippen LogP contribution in [0.1, 0.15) is 49.9 Å². The number of benzene rings is 14. The van der Waals surface area contributed by atoms with Gasteiger partial charge in [-0.25, -0.2) is 0 Å². The Balaban J connectivity index is 0.799. The van der Waals surface area contributed by atoms with Gasteiger partial charge in [-0.1, -0.05) is 264 Å². The highest BCUT2D eigenvalue weighted by atomic mass is 16.3. The van der Waals surface area contributed by atoms with Gasteiger partial charge in [-0.15, -0.1) is 0 Å². The first kappa shape index (κ1) is 53.6. The second kappa shape index (κ2) is 20.5. The average molecular weight is 1180 g/mol. The van der Waals surface area contributed by atoms with Gasteiger partial charge in [-0.2, -0.15) is 0 Å². The summed E-state index contributed by atoms with van der Waals surface area (Å²) in [4.78, 5) is 4.86. The van der Waals surface area contributed by atoms with Crippen LogP contribution in [0.4, 0.5) is 34.1 Å². The maximum absolute atomic E-state index is 7.25. The summed E-state index contributed by atoms with van der Waals surface area (Å²) in [5, 5.41) is 6.80. The standard InChI is InChI=1S/C88H62N2O2/c1-87(2)75-43-21-42-72-79(90(62-35-18-33-60(51-62)56-26-11-6-12-27-56)81-45-23-41-71-69-39-20-37-65(84(69)92-86(71)81)58-30-15-8-16-31-58)49-48-67(82(72)75)74-54-77-73(53-78(74)87)66-47-46-63(52-76(66)88(77,3)4)89(61-34-17-32-59(50-61)55-24-9-5-10-25-55)80-44-22-40-70-68-38-19-36-64(83(68)91-85(70)80)57-28-13-7-14-29-57/h5-54H,1-4H3. The van der Waals surface area contributed by atoms with Crippen molar-refractivity contribution in [2.24, 2.45) is 0 Å². The van der Waals surface area contributed by atoms with E-state index in [1.165, 1.54) is 60.8 Å². The topological polar surface area (TPSA) is 32.8 Å². The number of hydrogen-bond acceptors (Lipinski definition) is 4. The van der Waals surface area contributed by atoms with Gasteiger partial charge >= 0.3 is 0 Å². The fourth-order valence-corrected chi connectivity index (χ4v) is 15.5. The number of anilines is 6. The van der Waals surface area contributed by atoms with Crippen LogP contribution in [0.15, 0.2) is 312 Å². The van der Waals surface area contributed by atoms with Gasteiger partial charge in [0.1, 0.15) is 11.2 Å². The Bertz CT molecular complexity index is 5640. The zero-order chi connectivity index (χ0) is 61.4. The van der Waals surface area contributed by atoms with E-state index in [0.29, 0.717) is 0 Å². The molecule has 0 spiro atoms. The summed E-state index contributed by atoms with van der Waals surface area (Å²) >= 11 is 0. The lowest BCUT2D eigenvalue weighted by molar-refractivity contribution is 0.639. The van der Waals surface area contributed by atoms with Crippen molar-refractivity contribution in [3.05, 3.63) is 326 Å². The van der Waals surface area contributed by atoms with Crippen LogP contribution >= 0.6 is 0 Å². The molecule has 0 unspecified atom stereocenters. The minimum atomic E-state index is -0.365. The molecule has 4 heteroatoms. The van der Waals surface area contributed by atoms with Crippen LogP contribution < -0.4 is 9.80 Å². The SMILES string of the molecule is CC1(C)c2cc(N(c3cccc(-c4ccccc4)c3)c3cccc4c3oc3c(-c5ccccc5)cccc34)ccc2-c2cc3c(cc21)-c1ccc(N(c2cccc(-c4ccccc4)c2)c2cccc4c2oc2c(-c5ccccc5)cccc24)c2cccc(c12)C3(C)C. The van der Waals surface area contributed by atoms with Crippen LogP contribution in [0.3, 0.4) is 0 Å². The molecule has 0 aliphatic heterocycles. The van der Waals surface area contributed by atoms with Crippen molar-refractivity contribution < 1.29 is 8.83 Å². The summed E-state index contributed by atoms with van der Waals surface area (Å²) in [7, 11) is 0. The predicted molar refractivity (Wildman–Crippen MR) is 385 cm³/mol. The van der Waals surface area contributed by atoms with Crippen LogP contribution in [-0.2, 0) is 10.8 Å². The molecule has 0 saturated carbocycles. The molecule has 0 radical (unpaired) electrons. The van der Waals surface area contributed by atoms with E-state index in [-0.39, 0.29) is 10.8 Å². The van der Waals surface area contributed by atoms with Crippen molar-refractivity contribution >= 4 is 88.8 Å². The van der Waals surface area contributed by atoms with Gasteiger partial charge in [-0.05, 0) is 150 Å². The molecule has 0 saturated heterocycles. The van der Waals surface area contributed by atoms with Gasteiger partial charge in [0, 0.05) is 66.0 Å². The van der Waals surface area contributed by atoms with E-state index in [1.54, 1.807) is 0 Å². The summed E-state index contributed by atoms with van der Waals surface area (Å²) in [6.45, 7) is 9.69. The fraction of sp³-hybridized carbons (Fsp3) is 0.0682. The summed E-state index contributed by atoms with van der Waals surface area (Å²) in [6, 6.07) is 111. The second-order valence-electron chi connectivity index (χ2n) is 25.9. The molecule has 4 nitrogen and oxygen atoms in total. The van der Waals surface area contributed by atoms with Crippen molar-refractivity contribution in [1.29, 1.82) is 0 Å². The van der Waals surface area contributed by atoms with Crippen LogP contribution in [0.25, 0.3) is 121 Å². The Morgan fingerprint density at radius 3 is 1.16 bits per heavy atom. The molecule has 2 aliphatic rings. The monoisotopic (exact) mass is 1180 g/mol. The quantitative estimate of drug-likeness (QED) is 0.137. The first-order valence-corrected chi connectivity index (χ1v) is 32.0. The molecule has 16 aromatic rings. The number of hydrogen-bond donors (Lipinski definition) is 0. The number of rotatable bonds is 10. The first-order valence-electron chi connectivity index (χ1n) is 32.0. The third-order valence-electron chi connectivity index (χ3n) is 20.0. The summed E-state index contributed by atoms with van der Waals surface area (Å²) in [5.41, 5.74) is 28.3. The van der Waals surface area contributed by atoms with Gasteiger partial charge < -0.3 is 18.6 Å². The molecule has 2 aromatic heterocycles. The third-order valence-corrected chi connectivity index (χ3v) is 20.0. The largest absolute Gasteiger partial charge is 0.453 e. The van der Waals surface area contributed by atoms with Crippen LogP contribution in [0.5, 0.6) is 0 Å². The number of nitrogens with zero attached hydrogens (tertiary/aromatic N) is 2. The first-order chi connectivity index (χ1) is 45.2. The smallest absolute Gasteiger partial charge is 0.159 e. The molecule has 2 heterocycles. The van der Waals surface area contributed by atoms with Gasteiger partial charge in [0.15, 0.2) is 11.2 Å². The van der Waals surface area contributed by atoms with E-state index < -0.39 is 0 Å². The molecule has 0 fully saturated rings. The Morgan fingerprint density at radius 1 is 0.228 bits per heavy atom. The second-order valence-corrected chi connectivity index (χ2v) is 25.9. The fourth-order valence-electron chi connectivity index (χ4n) is 15.5. The van der Waals surface area contributed by atoms with E-state index in [0.717, 1.165) is 117 Å². The lowest BCUT2D eigenvalue weighted by atomic mass is 9.67. The van der Waals surface area contributed by atoms with Crippen molar-refractivity contribution in [3.8, 4) is 66.8 Å². The Kier molecular flexibility index (Phi) is 12.0. The lowest BCUT2D eigenvalue weighted by Gasteiger charge is -2.37. The number of furan rings is 2. The minimum Gasteiger partial charge on any atom is -0.453 e. The summed E-state index contributed by atoms with van der Waals surface area (Å²) in [5.74, 6) is 0. The van der Waals surface area contributed by atoms with Gasteiger partial charge in [0.2, 0.25) is 0 Å². The molecule has 14 aromatic carbocycles. The summed E-state index contributed by atoms with van der Waals surface area (Å²) < 4.78 is 14.5. The third kappa shape index (κ3) is 8.16. The highest BCUT2D eigenvalue weighted by Crippen LogP contribution is 2.59. The maximum atomic E-state index is 7.25. The maximum Gasteiger partial charge on any atom is 0.159 e. The predicted octanol–water partition coefficient (Wildman–Crippen LogP) is 24.9. The molecule has 0 bridgehead atoms. The molecule has 436 valence electrons. The molecular weight excluding hydrogens is 1120 g/mol. The van der Waals surface area contributed by atoms with Crippen molar-refractivity contribution in [1.82, 2.24) is 0 Å². The zero-order valence-electron chi connectivity index (χ0n) is 51.6. The Hall–Kier alpha value is -11.5. The van der Waals surface area contributed by atoms with Crippen LogP contribution in [0, 0.1) is 0 Å². The highest BCUT2D eigenvalue weighted by Gasteiger charge is 2.42. The molecule has 0 N–H and O–H groups in total. The van der Waals surface area contributed by atoms with Crippen LogP contribution in [-0.4, -0.2) is 0 Å². The van der Waals surface area contributed by atoms with E-state index in [2.05, 4.69) is 341 Å². The molecular formula is C88H62N2O2. The molecule has 2 aliphatic carbocycles. The molecule has 92 heavy (non-hydrogen) atoms. The van der Waals surface area contributed by atoms with E-state index in [9.17, 15) is 0 Å². The Labute approximate surface area is 535 Å². The van der Waals surface area contributed by atoms with Crippen LogP contribution in [0.2, 0.25) is 0 Å². The van der Waals surface area contributed by atoms with E-state index in [4.69, 9.17) is 8.83 Å². The normalized spacial score (nSPS) is 13.4. The van der Waals surface area contributed by atoms with E-state index >= 15 is 0 Å². The number of fused-ring (bicyclic) bond motifs is 11. The molecule has 18 rings (SSSR count). The lowest BCUT2D eigenvalue weighted by Crippen LogP contribution is -2.25.